The van der Waals surface area contributed by atoms with E-state index in [0.29, 0.717) is 19.4 Å². The Morgan fingerprint density at radius 2 is 2.14 bits per heavy atom. The summed E-state index contributed by atoms with van der Waals surface area (Å²) in [7, 11) is 0. The van der Waals surface area contributed by atoms with Crippen LogP contribution in [0.3, 0.4) is 0 Å². The molecular formula is C20H22Br2N2O4. The Morgan fingerprint density at radius 3 is 2.82 bits per heavy atom. The van der Waals surface area contributed by atoms with E-state index in [1.54, 1.807) is 19.1 Å². The topological polar surface area (TPSA) is 84.5 Å². The van der Waals surface area contributed by atoms with E-state index in [9.17, 15) is 14.4 Å². The van der Waals surface area contributed by atoms with E-state index in [1.165, 1.54) is 12.2 Å². The van der Waals surface area contributed by atoms with E-state index in [2.05, 4.69) is 42.5 Å². The molecule has 2 unspecified atom stereocenters. The number of hydrogen-bond acceptors (Lipinski definition) is 4. The lowest BCUT2D eigenvalue weighted by atomic mass is 9.98. The second-order valence-corrected chi connectivity index (χ2v) is 8.01. The number of ether oxygens (including phenoxy) is 1. The number of benzene rings is 1. The Labute approximate surface area is 181 Å². The van der Waals surface area contributed by atoms with Crippen molar-refractivity contribution >= 4 is 55.7 Å². The average molecular weight is 514 g/mol. The lowest BCUT2D eigenvalue weighted by Crippen LogP contribution is -2.35. The summed E-state index contributed by atoms with van der Waals surface area (Å²) in [5.74, 6) is -1.02. The van der Waals surface area contributed by atoms with Crippen LogP contribution < -0.4 is 10.6 Å². The molecule has 2 N–H and O–H groups in total. The van der Waals surface area contributed by atoms with Crippen molar-refractivity contribution in [3.05, 3.63) is 50.9 Å². The Kier molecular flexibility index (Phi) is 8.92. The molecule has 0 saturated carbocycles. The molecule has 2 rings (SSSR count). The first-order valence-corrected chi connectivity index (χ1v) is 10.5. The molecule has 28 heavy (non-hydrogen) atoms. The Balaban J connectivity index is 2.05. The minimum Gasteiger partial charge on any atom is -0.463 e. The first kappa shape index (κ1) is 22.4. The van der Waals surface area contributed by atoms with Crippen LogP contribution in [0.15, 0.2) is 45.4 Å². The van der Waals surface area contributed by atoms with Crippen LogP contribution in [0.4, 0.5) is 0 Å². The average Bonchev–Trinajstić information content (AvgIpc) is 3.05. The van der Waals surface area contributed by atoms with E-state index in [0.717, 1.165) is 14.5 Å². The number of carbonyl (C=O) groups is 3. The summed E-state index contributed by atoms with van der Waals surface area (Å²) in [6.07, 6.45) is 7.10. The fourth-order valence-electron chi connectivity index (χ4n) is 2.79. The molecule has 1 heterocycles. The quantitative estimate of drug-likeness (QED) is 0.412. The second-order valence-electron chi connectivity index (χ2n) is 6.24. The predicted molar refractivity (Wildman–Crippen MR) is 114 cm³/mol. The van der Waals surface area contributed by atoms with Crippen LogP contribution in [0.2, 0.25) is 0 Å². The third-order valence-corrected chi connectivity index (χ3v) is 5.37. The maximum absolute atomic E-state index is 12.4. The van der Waals surface area contributed by atoms with Gasteiger partial charge in [0.25, 0.3) is 0 Å². The molecule has 1 saturated heterocycles. The summed E-state index contributed by atoms with van der Waals surface area (Å²) < 4.78 is 6.64. The Morgan fingerprint density at radius 1 is 1.36 bits per heavy atom. The van der Waals surface area contributed by atoms with E-state index in [1.807, 2.05) is 18.2 Å². The Hall–Kier alpha value is -1.93. The molecule has 1 aromatic rings. The zero-order chi connectivity index (χ0) is 20.5. The summed E-state index contributed by atoms with van der Waals surface area (Å²) in [6, 6.07) is 5.20. The summed E-state index contributed by atoms with van der Waals surface area (Å²) in [5, 5.41) is 5.62. The van der Waals surface area contributed by atoms with Crippen molar-refractivity contribution in [1.29, 1.82) is 0 Å². The van der Waals surface area contributed by atoms with Gasteiger partial charge in [-0.1, -0.05) is 37.9 Å². The first-order chi connectivity index (χ1) is 13.4. The van der Waals surface area contributed by atoms with Crippen molar-refractivity contribution in [2.75, 3.05) is 13.2 Å². The lowest BCUT2D eigenvalue weighted by molar-refractivity contribution is -0.137. The lowest BCUT2D eigenvalue weighted by Gasteiger charge is -2.17. The van der Waals surface area contributed by atoms with Gasteiger partial charge < -0.3 is 15.4 Å². The molecule has 0 aromatic heterocycles. The van der Waals surface area contributed by atoms with Crippen molar-refractivity contribution in [2.45, 2.75) is 25.8 Å². The molecule has 2 atom stereocenters. The van der Waals surface area contributed by atoms with Crippen molar-refractivity contribution in [2.24, 2.45) is 5.92 Å². The van der Waals surface area contributed by atoms with Gasteiger partial charge in [-0.15, -0.1) is 0 Å². The van der Waals surface area contributed by atoms with Gasteiger partial charge in [0.15, 0.2) is 0 Å². The highest BCUT2D eigenvalue weighted by atomic mass is 79.9. The standard InChI is InChI=1S/C20H22Br2N2O4/c1-2-28-19(26)8-5-16(12-14-9-10-23-20(14)27)24-18(25)7-3-13-11-15(21)4-6-17(13)22/h3-8,11,14,16H,2,9-10,12H2,1H3,(H,23,27)(H,24,25)/b7-3+,8-5+. The van der Waals surface area contributed by atoms with Gasteiger partial charge in [-0.05, 0) is 49.6 Å². The Bertz CT molecular complexity index is 792. The number of halogens is 2. The summed E-state index contributed by atoms with van der Waals surface area (Å²) >= 11 is 6.84. The molecule has 8 heteroatoms. The zero-order valence-corrected chi connectivity index (χ0v) is 18.6. The number of amides is 2. The van der Waals surface area contributed by atoms with E-state index < -0.39 is 12.0 Å². The number of esters is 1. The normalized spacial score (nSPS) is 17.7. The van der Waals surface area contributed by atoms with Crippen LogP contribution in [-0.4, -0.2) is 37.0 Å². The molecule has 0 spiro atoms. The summed E-state index contributed by atoms with van der Waals surface area (Å²) in [6.45, 7) is 2.62. The summed E-state index contributed by atoms with van der Waals surface area (Å²) in [5.41, 5.74) is 0.846. The van der Waals surface area contributed by atoms with E-state index in [4.69, 9.17) is 4.74 Å². The fourth-order valence-corrected chi connectivity index (χ4v) is 3.54. The highest BCUT2D eigenvalue weighted by Gasteiger charge is 2.26. The van der Waals surface area contributed by atoms with Gasteiger partial charge in [-0.2, -0.15) is 0 Å². The van der Waals surface area contributed by atoms with Crippen LogP contribution in [0.1, 0.15) is 25.3 Å². The van der Waals surface area contributed by atoms with Gasteiger partial charge in [0, 0.05) is 39.6 Å². The molecular weight excluding hydrogens is 492 g/mol. The number of hydrogen-bond donors (Lipinski definition) is 2. The van der Waals surface area contributed by atoms with Gasteiger partial charge in [-0.25, -0.2) is 4.79 Å². The highest BCUT2D eigenvalue weighted by Crippen LogP contribution is 2.22. The van der Waals surface area contributed by atoms with Gasteiger partial charge in [0.05, 0.1) is 6.61 Å². The van der Waals surface area contributed by atoms with Crippen LogP contribution in [-0.2, 0) is 19.1 Å². The van der Waals surface area contributed by atoms with Crippen molar-refractivity contribution in [1.82, 2.24) is 10.6 Å². The minimum absolute atomic E-state index is 0.0302. The molecule has 6 nitrogen and oxygen atoms in total. The maximum atomic E-state index is 12.4. The second kappa shape index (κ2) is 11.2. The maximum Gasteiger partial charge on any atom is 0.330 e. The molecule has 2 amide bonds. The third-order valence-electron chi connectivity index (χ3n) is 4.15. The SMILES string of the molecule is CCOC(=O)/C=C/C(CC1CCNC1=O)NC(=O)/C=C/c1cc(Br)ccc1Br. The van der Waals surface area contributed by atoms with Gasteiger partial charge in [-0.3, -0.25) is 9.59 Å². The number of rotatable bonds is 8. The largest absolute Gasteiger partial charge is 0.463 e. The molecule has 150 valence electrons. The van der Waals surface area contributed by atoms with Crippen LogP contribution in [0.5, 0.6) is 0 Å². The smallest absolute Gasteiger partial charge is 0.330 e. The molecule has 1 aliphatic heterocycles. The van der Waals surface area contributed by atoms with Crippen LogP contribution in [0, 0.1) is 5.92 Å². The third kappa shape index (κ3) is 7.24. The molecule has 1 fully saturated rings. The zero-order valence-electron chi connectivity index (χ0n) is 15.4. The molecule has 1 aromatic carbocycles. The van der Waals surface area contributed by atoms with Crippen molar-refractivity contribution in [3.63, 3.8) is 0 Å². The van der Waals surface area contributed by atoms with Gasteiger partial charge in [0.2, 0.25) is 11.8 Å². The summed E-state index contributed by atoms with van der Waals surface area (Å²) in [4.78, 5) is 35.8. The molecule has 0 aliphatic carbocycles. The number of carbonyl (C=O) groups excluding carboxylic acids is 3. The molecule has 0 bridgehead atoms. The van der Waals surface area contributed by atoms with Gasteiger partial charge >= 0.3 is 5.97 Å². The molecule has 0 radical (unpaired) electrons. The fraction of sp³-hybridized carbons (Fsp3) is 0.350. The predicted octanol–water partition coefficient (Wildman–Crippen LogP) is 3.36. The van der Waals surface area contributed by atoms with Gasteiger partial charge in [0.1, 0.15) is 0 Å². The monoisotopic (exact) mass is 512 g/mol. The van der Waals surface area contributed by atoms with E-state index >= 15 is 0 Å². The van der Waals surface area contributed by atoms with Crippen LogP contribution in [0.25, 0.3) is 6.08 Å². The van der Waals surface area contributed by atoms with Crippen LogP contribution >= 0.6 is 31.9 Å². The first-order valence-electron chi connectivity index (χ1n) is 8.95. The van der Waals surface area contributed by atoms with E-state index in [-0.39, 0.29) is 24.3 Å². The highest BCUT2D eigenvalue weighted by molar-refractivity contribution is 9.11. The minimum atomic E-state index is -0.480. The van der Waals surface area contributed by atoms with Crippen molar-refractivity contribution < 1.29 is 19.1 Å². The number of nitrogens with one attached hydrogen (secondary N) is 2. The van der Waals surface area contributed by atoms with Crippen molar-refractivity contribution in [3.8, 4) is 0 Å². The molecule has 1 aliphatic rings.